The van der Waals surface area contributed by atoms with Gasteiger partial charge in [0.1, 0.15) is 17.1 Å². The second kappa shape index (κ2) is 5.79. The van der Waals surface area contributed by atoms with Crippen LogP contribution in [-0.4, -0.2) is 11.1 Å². The van der Waals surface area contributed by atoms with Gasteiger partial charge in [-0.3, -0.25) is 0 Å². The van der Waals surface area contributed by atoms with Crippen LogP contribution in [0.5, 0.6) is 0 Å². The maximum atomic E-state index is 10.9. The van der Waals surface area contributed by atoms with Crippen molar-refractivity contribution in [1.82, 2.24) is 0 Å². The summed E-state index contributed by atoms with van der Waals surface area (Å²) in [5.41, 5.74) is 1.09. The van der Waals surface area contributed by atoms with E-state index in [4.69, 9.17) is 9.52 Å². The molecule has 0 atom stereocenters. The first-order valence-electron chi connectivity index (χ1n) is 5.49. The van der Waals surface area contributed by atoms with E-state index in [1.54, 1.807) is 6.92 Å². The number of hydrogen-bond acceptors (Lipinski definition) is 3. The van der Waals surface area contributed by atoms with E-state index < -0.39 is 5.97 Å². The van der Waals surface area contributed by atoms with Gasteiger partial charge in [0, 0.05) is 8.95 Å². The third-order valence-corrected chi connectivity index (χ3v) is 3.92. The van der Waals surface area contributed by atoms with Crippen LogP contribution in [0.2, 0.25) is 0 Å². The number of aryl methyl sites for hydroxylation is 1. The predicted molar refractivity (Wildman–Crippen MR) is 79.6 cm³/mol. The van der Waals surface area contributed by atoms with Gasteiger partial charge < -0.3 is 14.8 Å². The lowest BCUT2D eigenvalue weighted by molar-refractivity contribution is 0.0695. The molecule has 4 nitrogen and oxygen atoms in total. The third kappa shape index (κ3) is 3.19. The fraction of sp³-hybridized carbons (Fsp3) is 0.154. The van der Waals surface area contributed by atoms with Crippen molar-refractivity contribution in [2.45, 2.75) is 13.5 Å². The van der Waals surface area contributed by atoms with Crippen LogP contribution >= 0.6 is 31.9 Å². The summed E-state index contributed by atoms with van der Waals surface area (Å²) in [5, 5.41) is 12.2. The van der Waals surface area contributed by atoms with E-state index in [0.717, 1.165) is 14.6 Å². The number of benzene rings is 1. The SMILES string of the molecule is Cc1oc(CNc2c(Br)cccc2Br)cc1C(=O)O. The molecule has 0 aliphatic heterocycles. The molecular weight excluding hydrogens is 378 g/mol. The maximum absolute atomic E-state index is 10.9. The van der Waals surface area contributed by atoms with Crippen LogP contribution in [-0.2, 0) is 6.54 Å². The minimum absolute atomic E-state index is 0.197. The highest BCUT2D eigenvalue weighted by atomic mass is 79.9. The van der Waals surface area contributed by atoms with E-state index in [2.05, 4.69) is 37.2 Å². The summed E-state index contributed by atoms with van der Waals surface area (Å²) in [7, 11) is 0. The molecule has 0 saturated heterocycles. The van der Waals surface area contributed by atoms with Crippen LogP contribution < -0.4 is 5.32 Å². The first-order chi connectivity index (χ1) is 8.99. The van der Waals surface area contributed by atoms with Gasteiger partial charge in [-0.15, -0.1) is 0 Å². The molecule has 1 aromatic heterocycles. The molecule has 0 unspecified atom stereocenters. The molecule has 1 heterocycles. The number of hydrogen-bond donors (Lipinski definition) is 2. The van der Waals surface area contributed by atoms with Gasteiger partial charge in [0.25, 0.3) is 0 Å². The minimum Gasteiger partial charge on any atom is -0.478 e. The second-order valence-corrected chi connectivity index (χ2v) is 5.65. The number of para-hydroxylation sites is 1. The molecule has 0 radical (unpaired) electrons. The summed E-state index contributed by atoms with van der Waals surface area (Å²) in [5.74, 6) is 0.0163. The number of anilines is 1. The van der Waals surface area contributed by atoms with Gasteiger partial charge in [-0.1, -0.05) is 6.07 Å². The van der Waals surface area contributed by atoms with Crippen LogP contribution in [0, 0.1) is 6.92 Å². The fourth-order valence-electron chi connectivity index (χ4n) is 1.69. The number of furan rings is 1. The van der Waals surface area contributed by atoms with E-state index >= 15 is 0 Å². The highest BCUT2D eigenvalue weighted by molar-refractivity contribution is 9.11. The molecule has 0 fully saturated rings. The lowest BCUT2D eigenvalue weighted by Gasteiger charge is -2.09. The standard InChI is InChI=1S/C13H11Br2NO3/c1-7-9(13(17)18)5-8(19-7)6-16-12-10(14)3-2-4-11(12)15/h2-5,16H,6H2,1H3,(H,17,18). The Hall–Kier alpha value is -1.27. The number of halogens is 2. The molecule has 2 aromatic rings. The minimum atomic E-state index is -0.977. The Morgan fingerprint density at radius 1 is 1.37 bits per heavy atom. The van der Waals surface area contributed by atoms with Crippen molar-refractivity contribution in [3.63, 3.8) is 0 Å². The van der Waals surface area contributed by atoms with Crippen LogP contribution in [0.15, 0.2) is 37.6 Å². The average molecular weight is 389 g/mol. The molecule has 2 N–H and O–H groups in total. The van der Waals surface area contributed by atoms with E-state index in [-0.39, 0.29) is 5.56 Å². The van der Waals surface area contributed by atoms with E-state index in [9.17, 15) is 4.79 Å². The van der Waals surface area contributed by atoms with E-state index in [0.29, 0.717) is 18.1 Å². The lowest BCUT2D eigenvalue weighted by Crippen LogP contribution is -2.00. The summed E-state index contributed by atoms with van der Waals surface area (Å²) < 4.78 is 7.24. The Labute approximate surface area is 127 Å². The van der Waals surface area contributed by atoms with E-state index in [1.165, 1.54) is 6.07 Å². The maximum Gasteiger partial charge on any atom is 0.339 e. The molecule has 0 aliphatic carbocycles. The summed E-state index contributed by atoms with van der Waals surface area (Å²) in [6.45, 7) is 2.05. The average Bonchev–Trinajstić information content (AvgIpc) is 2.70. The summed E-state index contributed by atoms with van der Waals surface area (Å²) in [4.78, 5) is 10.9. The second-order valence-electron chi connectivity index (χ2n) is 3.94. The first kappa shape index (κ1) is 14.1. The highest BCUT2D eigenvalue weighted by Gasteiger charge is 2.14. The molecule has 100 valence electrons. The zero-order valence-electron chi connectivity index (χ0n) is 10.0. The highest BCUT2D eigenvalue weighted by Crippen LogP contribution is 2.31. The number of carboxylic acids is 1. The molecule has 0 saturated carbocycles. The van der Waals surface area contributed by atoms with Gasteiger partial charge in [0.2, 0.25) is 0 Å². The van der Waals surface area contributed by atoms with Crippen LogP contribution in [0.3, 0.4) is 0 Å². The quantitative estimate of drug-likeness (QED) is 0.813. The van der Waals surface area contributed by atoms with Crippen LogP contribution in [0.4, 0.5) is 5.69 Å². The number of nitrogens with one attached hydrogen (secondary N) is 1. The van der Waals surface area contributed by atoms with Crippen molar-refractivity contribution < 1.29 is 14.3 Å². The Morgan fingerprint density at radius 3 is 2.53 bits per heavy atom. The molecule has 2 rings (SSSR count). The molecule has 6 heteroatoms. The molecular formula is C13H11Br2NO3. The fourth-order valence-corrected chi connectivity index (χ4v) is 2.96. The molecule has 0 aliphatic rings. The Morgan fingerprint density at radius 2 is 2.00 bits per heavy atom. The van der Waals surface area contributed by atoms with Gasteiger partial charge in [-0.25, -0.2) is 4.79 Å². The number of aromatic carboxylic acids is 1. The molecule has 1 aromatic carbocycles. The lowest BCUT2D eigenvalue weighted by atomic mass is 10.2. The molecule has 19 heavy (non-hydrogen) atoms. The number of carboxylic acid groups (broad SMARTS) is 1. The van der Waals surface area contributed by atoms with Crippen molar-refractivity contribution in [2.75, 3.05) is 5.32 Å². The van der Waals surface area contributed by atoms with Crippen molar-refractivity contribution in [3.05, 3.63) is 50.3 Å². The van der Waals surface area contributed by atoms with Crippen molar-refractivity contribution in [2.24, 2.45) is 0 Å². The zero-order chi connectivity index (χ0) is 14.0. The van der Waals surface area contributed by atoms with Crippen molar-refractivity contribution >= 4 is 43.5 Å². The van der Waals surface area contributed by atoms with Crippen LogP contribution in [0.1, 0.15) is 21.9 Å². The van der Waals surface area contributed by atoms with Gasteiger partial charge in [0.15, 0.2) is 0 Å². The number of rotatable bonds is 4. The zero-order valence-corrected chi connectivity index (χ0v) is 13.2. The van der Waals surface area contributed by atoms with E-state index in [1.807, 2.05) is 18.2 Å². The molecule has 0 amide bonds. The monoisotopic (exact) mass is 387 g/mol. The Balaban J connectivity index is 2.15. The van der Waals surface area contributed by atoms with Gasteiger partial charge in [-0.2, -0.15) is 0 Å². The van der Waals surface area contributed by atoms with Crippen molar-refractivity contribution in [1.29, 1.82) is 0 Å². The Bertz CT molecular complexity index is 602. The molecule has 0 bridgehead atoms. The summed E-state index contributed by atoms with van der Waals surface area (Å²) in [6.07, 6.45) is 0. The summed E-state index contributed by atoms with van der Waals surface area (Å²) >= 11 is 6.89. The van der Waals surface area contributed by atoms with Gasteiger partial charge in [-0.05, 0) is 57.0 Å². The smallest absolute Gasteiger partial charge is 0.339 e. The first-order valence-corrected chi connectivity index (χ1v) is 7.08. The summed E-state index contributed by atoms with van der Waals surface area (Å²) in [6, 6.07) is 7.29. The van der Waals surface area contributed by atoms with Crippen molar-refractivity contribution in [3.8, 4) is 0 Å². The number of carbonyl (C=O) groups is 1. The molecule has 0 spiro atoms. The topological polar surface area (TPSA) is 62.5 Å². The third-order valence-electron chi connectivity index (χ3n) is 2.60. The largest absolute Gasteiger partial charge is 0.478 e. The van der Waals surface area contributed by atoms with Gasteiger partial charge in [0.05, 0.1) is 12.2 Å². The Kier molecular flexibility index (Phi) is 4.31. The van der Waals surface area contributed by atoms with Crippen LogP contribution in [0.25, 0.3) is 0 Å². The van der Waals surface area contributed by atoms with Gasteiger partial charge >= 0.3 is 5.97 Å². The normalized spacial score (nSPS) is 10.5. The predicted octanol–water partition coefficient (Wildman–Crippen LogP) is 4.42.